The minimum Gasteiger partial charge on any atom is -0.492 e. The van der Waals surface area contributed by atoms with Gasteiger partial charge in [-0.25, -0.2) is 4.79 Å². The largest absolute Gasteiger partial charge is 0.492 e. The number of ketones is 1. The molecule has 0 fully saturated rings. The van der Waals surface area contributed by atoms with E-state index in [1.165, 1.54) is 12.8 Å². The molecule has 0 saturated carbocycles. The van der Waals surface area contributed by atoms with Crippen molar-refractivity contribution in [3.05, 3.63) is 94.0 Å². The van der Waals surface area contributed by atoms with Gasteiger partial charge < -0.3 is 9.47 Å². The van der Waals surface area contributed by atoms with Crippen LogP contribution < -0.4 is 9.47 Å². The Kier molecular flexibility index (Phi) is 8.42. The monoisotopic (exact) mass is 480 g/mol. The minimum atomic E-state index is -0.475. The first kappa shape index (κ1) is 22.8. The third-order valence-electron chi connectivity index (χ3n) is 4.79. The fourth-order valence-electron chi connectivity index (χ4n) is 3.05. The number of ether oxygens (including phenoxy) is 2. The molecule has 0 atom stereocenters. The number of rotatable bonds is 10. The number of halogens is 1. The van der Waals surface area contributed by atoms with Crippen molar-refractivity contribution in [1.29, 1.82) is 0 Å². The molecule has 160 valence electrons. The van der Waals surface area contributed by atoms with E-state index in [9.17, 15) is 9.59 Å². The summed E-state index contributed by atoms with van der Waals surface area (Å²) in [6.07, 6.45) is 4.55. The lowest BCUT2D eigenvalue weighted by Crippen LogP contribution is -2.09. The van der Waals surface area contributed by atoms with Crippen molar-refractivity contribution in [2.24, 2.45) is 0 Å². The molecule has 0 heterocycles. The Morgan fingerprint density at radius 3 is 2.16 bits per heavy atom. The van der Waals surface area contributed by atoms with Crippen molar-refractivity contribution in [2.75, 3.05) is 6.61 Å². The molecule has 3 rings (SSSR count). The second-order valence-electron chi connectivity index (χ2n) is 7.16. The predicted octanol–water partition coefficient (Wildman–Crippen LogP) is 6.86. The molecular weight excluding hydrogens is 456 g/mol. The summed E-state index contributed by atoms with van der Waals surface area (Å²) in [5, 5.41) is 0. The lowest BCUT2D eigenvalue weighted by molar-refractivity contribution is 0.0734. The third kappa shape index (κ3) is 6.53. The van der Waals surface area contributed by atoms with Gasteiger partial charge in [0, 0.05) is 11.1 Å². The Labute approximate surface area is 191 Å². The number of carbonyl (C=O) groups is 2. The summed E-state index contributed by atoms with van der Waals surface area (Å²) in [4.78, 5) is 25.0. The first-order valence-electron chi connectivity index (χ1n) is 10.4. The Balaban J connectivity index is 1.58. The Hall–Kier alpha value is -2.92. The van der Waals surface area contributed by atoms with Crippen molar-refractivity contribution >= 4 is 27.7 Å². The second-order valence-corrected chi connectivity index (χ2v) is 8.02. The number of esters is 1. The fraction of sp³-hybridized carbons (Fsp3) is 0.231. The molecule has 0 aliphatic carbocycles. The third-order valence-corrected chi connectivity index (χ3v) is 5.41. The van der Waals surface area contributed by atoms with Crippen LogP contribution in [0.15, 0.2) is 77.3 Å². The minimum absolute atomic E-state index is 0.0762. The standard InChI is InChI=1S/C26H25BrO4/c1-2-3-4-8-17-30-24-16-13-21(18-23(24)27)26(29)31-22-14-11-20(12-15-22)25(28)19-9-6-5-7-10-19/h5-7,9-16,18H,2-4,8,17H2,1H3. The zero-order valence-corrected chi connectivity index (χ0v) is 19.1. The average molecular weight is 481 g/mol. The smallest absolute Gasteiger partial charge is 0.343 e. The lowest BCUT2D eigenvalue weighted by atomic mass is 10.0. The molecule has 0 N–H and O–H groups in total. The molecule has 0 unspecified atom stereocenters. The molecule has 31 heavy (non-hydrogen) atoms. The van der Waals surface area contributed by atoms with Gasteiger partial charge in [-0.3, -0.25) is 4.79 Å². The van der Waals surface area contributed by atoms with Crippen molar-refractivity contribution in [3.63, 3.8) is 0 Å². The van der Waals surface area contributed by atoms with Gasteiger partial charge in [0.25, 0.3) is 0 Å². The van der Waals surface area contributed by atoms with E-state index >= 15 is 0 Å². The van der Waals surface area contributed by atoms with Gasteiger partial charge in [-0.2, -0.15) is 0 Å². The molecule has 5 heteroatoms. The number of hydrogen-bond donors (Lipinski definition) is 0. The molecule has 0 amide bonds. The zero-order valence-electron chi connectivity index (χ0n) is 17.5. The predicted molar refractivity (Wildman–Crippen MR) is 125 cm³/mol. The first-order chi connectivity index (χ1) is 15.1. The number of unbranched alkanes of at least 4 members (excludes halogenated alkanes) is 3. The Morgan fingerprint density at radius 2 is 1.48 bits per heavy atom. The SMILES string of the molecule is CCCCCCOc1ccc(C(=O)Oc2ccc(C(=O)c3ccccc3)cc2)cc1Br. The van der Waals surface area contributed by atoms with Gasteiger partial charge in [0.2, 0.25) is 0 Å². The summed E-state index contributed by atoms with van der Waals surface area (Å²) < 4.78 is 11.9. The van der Waals surface area contributed by atoms with Gasteiger partial charge in [0.05, 0.1) is 16.6 Å². The molecule has 3 aromatic rings. The van der Waals surface area contributed by atoms with Crippen LogP contribution in [0.1, 0.15) is 58.9 Å². The quantitative estimate of drug-likeness (QED) is 0.137. The first-order valence-corrected chi connectivity index (χ1v) is 11.2. The highest BCUT2D eigenvalue weighted by Crippen LogP contribution is 2.27. The van der Waals surface area contributed by atoms with E-state index in [0.29, 0.717) is 39.3 Å². The van der Waals surface area contributed by atoms with E-state index < -0.39 is 5.97 Å². The average Bonchev–Trinajstić information content (AvgIpc) is 2.80. The summed E-state index contributed by atoms with van der Waals surface area (Å²) in [6, 6.07) is 20.7. The molecule has 0 bridgehead atoms. The van der Waals surface area contributed by atoms with Gasteiger partial charge in [-0.15, -0.1) is 0 Å². The summed E-state index contributed by atoms with van der Waals surface area (Å²) in [5.74, 6) is 0.531. The summed E-state index contributed by atoms with van der Waals surface area (Å²) in [5.41, 5.74) is 1.56. The number of carbonyl (C=O) groups excluding carboxylic acids is 2. The molecular formula is C26H25BrO4. The Morgan fingerprint density at radius 1 is 0.806 bits per heavy atom. The zero-order chi connectivity index (χ0) is 22.1. The topological polar surface area (TPSA) is 52.6 Å². The highest BCUT2D eigenvalue weighted by molar-refractivity contribution is 9.10. The fourth-order valence-corrected chi connectivity index (χ4v) is 3.55. The molecule has 0 aliphatic heterocycles. The maximum absolute atomic E-state index is 12.5. The maximum atomic E-state index is 12.5. The van der Waals surface area contributed by atoms with Gasteiger partial charge in [0.1, 0.15) is 11.5 Å². The van der Waals surface area contributed by atoms with Gasteiger partial charge in [-0.05, 0) is 64.8 Å². The van der Waals surface area contributed by atoms with E-state index in [0.717, 1.165) is 12.8 Å². The van der Waals surface area contributed by atoms with Crippen LogP contribution in [0.5, 0.6) is 11.5 Å². The van der Waals surface area contributed by atoms with E-state index in [1.807, 2.05) is 18.2 Å². The van der Waals surface area contributed by atoms with Crippen LogP contribution in [0.25, 0.3) is 0 Å². The van der Waals surface area contributed by atoms with Crippen LogP contribution in [0.2, 0.25) is 0 Å². The number of benzene rings is 3. The van der Waals surface area contributed by atoms with Crippen LogP contribution in [0.4, 0.5) is 0 Å². The summed E-state index contributed by atoms with van der Waals surface area (Å²) in [7, 11) is 0. The van der Waals surface area contributed by atoms with E-state index in [2.05, 4.69) is 22.9 Å². The van der Waals surface area contributed by atoms with Crippen LogP contribution in [-0.4, -0.2) is 18.4 Å². The van der Waals surface area contributed by atoms with Crippen molar-refractivity contribution in [1.82, 2.24) is 0 Å². The molecule has 0 spiro atoms. The van der Waals surface area contributed by atoms with E-state index in [1.54, 1.807) is 54.6 Å². The van der Waals surface area contributed by atoms with Gasteiger partial charge in [0.15, 0.2) is 5.78 Å². The molecule has 0 aromatic heterocycles. The van der Waals surface area contributed by atoms with Gasteiger partial charge in [-0.1, -0.05) is 56.5 Å². The van der Waals surface area contributed by atoms with Crippen LogP contribution >= 0.6 is 15.9 Å². The summed E-state index contributed by atoms with van der Waals surface area (Å²) >= 11 is 3.46. The number of hydrogen-bond acceptors (Lipinski definition) is 4. The van der Waals surface area contributed by atoms with E-state index in [4.69, 9.17) is 9.47 Å². The molecule has 4 nitrogen and oxygen atoms in total. The lowest BCUT2D eigenvalue weighted by Gasteiger charge is -2.10. The van der Waals surface area contributed by atoms with Crippen molar-refractivity contribution < 1.29 is 19.1 Å². The Bertz CT molecular complexity index is 1010. The van der Waals surface area contributed by atoms with Crippen LogP contribution in [0, 0.1) is 0 Å². The van der Waals surface area contributed by atoms with Crippen molar-refractivity contribution in [3.8, 4) is 11.5 Å². The van der Waals surface area contributed by atoms with Crippen molar-refractivity contribution in [2.45, 2.75) is 32.6 Å². The normalized spacial score (nSPS) is 10.5. The maximum Gasteiger partial charge on any atom is 0.343 e. The molecule has 0 saturated heterocycles. The van der Waals surface area contributed by atoms with Crippen LogP contribution in [0.3, 0.4) is 0 Å². The highest BCUT2D eigenvalue weighted by atomic mass is 79.9. The molecule has 0 radical (unpaired) electrons. The second kappa shape index (κ2) is 11.5. The van der Waals surface area contributed by atoms with Crippen LogP contribution in [-0.2, 0) is 0 Å². The summed E-state index contributed by atoms with van der Waals surface area (Å²) in [6.45, 7) is 2.82. The van der Waals surface area contributed by atoms with E-state index in [-0.39, 0.29) is 5.78 Å². The molecule has 3 aromatic carbocycles. The van der Waals surface area contributed by atoms with Gasteiger partial charge >= 0.3 is 5.97 Å². The molecule has 0 aliphatic rings. The highest BCUT2D eigenvalue weighted by Gasteiger charge is 2.13.